The molecule has 0 aromatic carbocycles. The second kappa shape index (κ2) is 9.15. The molecule has 1 aliphatic carbocycles. The SMILES string of the molecule is C=CCOC(=O)C=C(C)C=C[C@@H]1[C@H](CC=C=O)[C@@H](O)C[C@H]1O. The van der Waals surface area contributed by atoms with E-state index in [-0.39, 0.29) is 24.9 Å². The van der Waals surface area contributed by atoms with E-state index in [9.17, 15) is 19.8 Å². The van der Waals surface area contributed by atoms with Crippen LogP contribution < -0.4 is 0 Å². The van der Waals surface area contributed by atoms with Gasteiger partial charge in [0, 0.05) is 24.5 Å². The number of esters is 1. The molecule has 0 radical (unpaired) electrons. The lowest BCUT2D eigenvalue weighted by Crippen LogP contribution is -2.19. The zero-order valence-electron chi connectivity index (χ0n) is 12.6. The highest BCUT2D eigenvalue weighted by atomic mass is 16.5. The molecule has 0 spiro atoms. The highest BCUT2D eigenvalue weighted by Crippen LogP contribution is 2.36. The lowest BCUT2D eigenvalue weighted by Gasteiger charge is -2.18. The zero-order chi connectivity index (χ0) is 16.5. The molecule has 0 aromatic rings. The predicted molar refractivity (Wildman–Crippen MR) is 82.5 cm³/mol. The molecule has 1 saturated carbocycles. The van der Waals surface area contributed by atoms with Crippen molar-refractivity contribution in [2.45, 2.75) is 32.0 Å². The Kier molecular flexibility index (Phi) is 7.54. The van der Waals surface area contributed by atoms with Gasteiger partial charge in [0.15, 0.2) is 0 Å². The van der Waals surface area contributed by atoms with Gasteiger partial charge in [-0.25, -0.2) is 9.59 Å². The van der Waals surface area contributed by atoms with Crippen LogP contribution in [0.3, 0.4) is 0 Å². The molecule has 4 atom stereocenters. The van der Waals surface area contributed by atoms with Gasteiger partial charge < -0.3 is 14.9 Å². The van der Waals surface area contributed by atoms with Crippen molar-refractivity contribution in [3.63, 3.8) is 0 Å². The molecule has 2 N–H and O–H groups in total. The second-order valence-electron chi connectivity index (χ2n) is 5.34. The standard InChI is InChI=1S/C17H22O5/c1-3-9-22-17(21)10-12(2)6-7-14-13(5-4-8-18)15(19)11-16(14)20/h3-4,6-7,10,13-16,19-20H,1,5,9,11H2,2H3/t13-,14+,15-,16+/m0/s1. The van der Waals surface area contributed by atoms with Gasteiger partial charge in [0.25, 0.3) is 0 Å². The molecule has 0 aromatic heterocycles. The lowest BCUT2D eigenvalue weighted by atomic mass is 9.90. The minimum Gasteiger partial charge on any atom is -0.458 e. The summed E-state index contributed by atoms with van der Waals surface area (Å²) in [5.41, 5.74) is 0.673. The van der Waals surface area contributed by atoms with Gasteiger partial charge in [-0.3, -0.25) is 0 Å². The van der Waals surface area contributed by atoms with Crippen LogP contribution in [-0.4, -0.2) is 40.9 Å². The van der Waals surface area contributed by atoms with E-state index in [0.29, 0.717) is 12.0 Å². The van der Waals surface area contributed by atoms with Gasteiger partial charge in [-0.2, -0.15) is 0 Å². The van der Waals surface area contributed by atoms with Gasteiger partial charge in [-0.15, -0.1) is 0 Å². The summed E-state index contributed by atoms with van der Waals surface area (Å²) in [5, 5.41) is 19.9. The first-order chi connectivity index (χ1) is 10.5. The molecule has 1 fully saturated rings. The van der Waals surface area contributed by atoms with Crippen LogP contribution in [0, 0.1) is 11.8 Å². The Morgan fingerprint density at radius 1 is 1.41 bits per heavy atom. The van der Waals surface area contributed by atoms with E-state index in [1.54, 1.807) is 25.0 Å². The Balaban J connectivity index is 2.72. The summed E-state index contributed by atoms with van der Waals surface area (Å²) in [5.74, 6) is 0.725. The summed E-state index contributed by atoms with van der Waals surface area (Å²) in [6.45, 7) is 5.35. The van der Waals surface area contributed by atoms with Crippen molar-refractivity contribution < 1.29 is 24.5 Å². The average Bonchev–Trinajstić information content (AvgIpc) is 2.74. The van der Waals surface area contributed by atoms with Crippen molar-refractivity contribution in [2.75, 3.05) is 6.61 Å². The van der Waals surface area contributed by atoms with Gasteiger partial charge in [0.05, 0.1) is 12.2 Å². The van der Waals surface area contributed by atoms with Crippen LogP contribution in [0.1, 0.15) is 19.8 Å². The van der Waals surface area contributed by atoms with Gasteiger partial charge in [-0.1, -0.05) is 24.8 Å². The first-order valence-corrected chi connectivity index (χ1v) is 7.19. The molecule has 1 aliphatic rings. The van der Waals surface area contributed by atoms with Crippen molar-refractivity contribution in [1.82, 2.24) is 0 Å². The van der Waals surface area contributed by atoms with Crippen LogP contribution in [-0.2, 0) is 14.3 Å². The summed E-state index contributed by atoms with van der Waals surface area (Å²) in [4.78, 5) is 21.7. The lowest BCUT2D eigenvalue weighted by molar-refractivity contribution is -0.136. The molecule has 0 bridgehead atoms. The Bertz CT molecular complexity index is 499. The first kappa shape index (κ1) is 18.1. The third-order valence-electron chi connectivity index (χ3n) is 3.66. The van der Waals surface area contributed by atoms with E-state index >= 15 is 0 Å². The normalized spacial score (nSPS) is 28.4. The van der Waals surface area contributed by atoms with E-state index in [1.165, 1.54) is 18.2 Å². The van der Waals surface area contributed by atoms with Gasteiger partial charge >= 0.3 is 5.97 Å². The van der Waals surface area contributed by atoms with Crippen LogP contribution in [0.5, 0.6) is 0 Å². The summed E-state index contributed by atoms with van der Waals surface area (Å²) >= 11 is 0. The summed E-state index contributed by atoms with van der Waals surface area (Å²) in [6, 6.07) is 0. The number of hydrogen-bond donors (Lipinski definition) is 2. The van der Waals surface area contributed by atoms with E-state index in [1.807, 2.05) is 0 Å². The maximum Gasteiger partial charge on any atom is 0.331 e. The maximum atomic E-state index is 11.4. The van der Waals surface area contributed by atoms with Gasteiger partial charge in [0.2, 0.25) is 0 Å². The van der Waals surface area contributed by atoms with Crippen LogP contribution in [0.25, 0.3) is 0 Å². The smallest absolute Gasteiger partial charge is 0.331 e. The third-order valence-corrected chi connectivity index (χ3v) is 3.66. The molecule has 22 heavy (non-hydrogen) atoms. The highest BCUT2D eigenvalue weighted by molar-refractivity contribution is 5.83. The Morgan fingerprint density at radius 3 is 2.77 bits per heavy atom. The monoisotopic (exact) mass is 306 g/mol. The molecule has 0 amide bonds. The molecule has 5 heteroatoms. The number of allylic oxidation sites excluding steroid dienone is 3. The minimum absolute atomic E-state index is 0.153. The fraction of sp³-hybridized carbons (Fsp3) is 0.471. The van der Waals surface area contributed by atoms with Crippen molar-refractivity contribution in [1.29, 1.82) is 0 Å². The molecule has 5 nitrogen and oxygen atoms in total. The zero-order valence-corrected chi connectivity index (χ0v) is 12.6. The van der Waals surface area contributed by atoms with Gasteiger partial charge in [-0.05, 0) is 24.8 Å². The topological polar surface area (TPSA) is 83.8 Å². The molecule has 120 valence electrons. The summed E-state index contributed by atoms with van der Waals surface area (Å²) in [6.07, 6.45) is 6.93. The van der Waals surface area contributed by atoms with Crippen molar-refractivity contribution in [3.05, 3.63) is 42.5 Å². The Morgan fingerprint density at radius 2 is 2.14 bits per heavy atom. The van der Waals surface area contributed by atoms with Crippen LogP contribution >= 0.6 is 0 Å². The quantitative estimate of drug-likeness (QED) is 0.244. The van der Waals surface area contributed by atoms with Crippen molar-refractivity contribution in [2.24, 2.45) is 11.8 Å². The number of aliphatic hydroxyl groups excluding tert-OH is 2. The number of carbonyl (C=O) groups excluding carboxylic acids is 2. The number of rotatable bonds is 7. The molecule has 0 unspecified atom stereocenters. The van der Waals surface area contributed by atoms with Crippen LogP contribution in [0.2, 0.25) is 0 Å². The van der Waals surface area contributed by atoms with Crippen molar-refractivity contribution >= 4 is 11.9 Å². The number of ether oxygens (including phenoxy) is 1. The van der Waals surface area contributed by atoms with Crippen molar-refractivity contribution in [3.8, 4) is 0 Å². The molecule has 0 aliphatic heterocycles. The van der Waals surface area contributed by atoms with E-state index in [4.69, 9.17) is 4.74 Å². The molecular weight excluding hydrogens is 284 g/mol. The first-order valence-electron chi connectivity index (χ1n) is 7.19. The van der Waals surface area contributed by atoms with Crippen LogP contribution in [0.4, 0.5) is 0 Å². The molecular formula is C17H22O5. The summed E-state index contributed by atoms with van der Waals surface area (Å²) < 4.78 is 4.84. The number of hydrogen-bond acceptors (Lipinski definition) is 5. The Labute approximate surface area is 130 Å². The fourth-order valence-corrected chi connectivity index (χ4v) is 2.57. The number of aliphatic hydroxyl groups is 2. The average molecular weight is 306 g/mol. The Hall–Kier alpha value is -1.94. The third kappa shape index (κ3) is 5.45. The molecule has 0 saturated heterocycles. The number of carbonyl (C=O) groups is 1. The largest absolute Gasteiger partial charge is 0.458 e. The summed E-state index contributed by atoms with van der Waals surface area (Å²) in [7, 11) is 0. The van der Waals surface area contributed by atoms with E-state index in [0.717, 1.165) is 0 Å². The maximum absolute atomic E-state index is 11.4. The predicted octanol–water partition coefficient (Wildman–Crippen LogP) is 1.35. The fourth-order valence-electron chi connectivity index (χ4n) is 2.57. The molecule has 0 heterocycles. The van der Waals surface area contributed by atoms with Crippen LogP contribution in [0.15, 0.2) is 42.5 Å². The highest BCUT2D eigenvalue weighted by Gasteiger charge is 2.39. The van der Waals surface area contributed by atoms with Gasteiger partial charge in [0.1, 0.15) is 12.5 Å². The second-order valence-corrected chi connectivity index (χ2v) is 5.34. The van der Waals surface area contributed by atoms with E-state index < -0.39 is 18.2 Å². The minimum atomic E-state index is -0.670. The van der Waals surface area contributed by atoms with E-state index in [2.05, 4.69) is 6.58 Å². The molecule has 1 rings (SSSR count).